The Bertz CT molecular complexity index is 716. The number of carbonyl (C=O) groups excluding carboxylic acids is 1. The summed E-state index contributed by atoms with van der Waals surface area (Å²) in [5.41, 5.74) is 0.987. The minimum Gasteiger partial charge on any atom is -0.334 e. The summed E-state index contributed by atoms with van der Waals surface area (Å²) in [5.74, 6) is 0.644. The van der Waals surface area contributed by atoms with Crippen molar-refractivity contribution in [1.29, 1.82) is 0 Å². The molecule has 0 bridgehead atoms. The van der Waals surface area contributed by atoms with Gasteiger partial charge in [-0.25, -0.2) is 0 Å². The molecule has 1 aromatic heterocycles. The fraction of sp³-hybridized carbons (Fsp3) is 0.471. The van der Waals surface area contributed by atoms with Gasteiger partial charge in [0.15, 0.2) is 5.82 Å². The third-order valence-electron chi connectivity index (χ3n) is 5.03. The predicted octanol–water partition coefficient (Wildman–Crippen LogP) is 3.54. The molecule has 4 rings (SSSR count). The number of rotatable bonds is 3. The van der Waals surface area contributed by atoms with Gasteiger partial charge < -0.3 is 9.42 Å². The van der Waals surface area contributed by atoms with E-state index in [1.165, 1.54) is 5.56 Å². The SMILES string of the molecule is O=C(c1nc(C2(c3ccc(Br)cc3)CCC2)no1)N1CCCC1. The Hall–Kier alpha value is -1.69. The van der Waals surface area contributed by atoms with E-state index < -0.39 is 0 Å². The van der Waals surface area contributed by atoms with Crippen molar-refractivity contribution in [1.82, 2.24) is 15.0 Å². The molecule has 0 unspecified atom stereocenters. The average Bonchev–Trinajstić information content (AvgIpc) is 3.19. The second kappa shape index (κ2) is 5.74. The van der Waals surface area contributed by atoms with E-state index in [2.05, 4.69) is 38.2 Å². The van der Waals surface area contributed by atoms with Crippen LogP contribution in [0, 0.1) is 0 Å². The average molecular weight is 376 g/mol. The monoisotopic (exact) mass is 375 g/mol. The topological polar surface area (TPSA) is 59.2 Å². The number of hydrogen-bond acceptors (Lipinski definition) is 4. The molecule has 1 aliphatic carbocycles. The maximum Gasteiger partial charge on any atom is 0.316 e. The molecule has 2 heterocycles. The van der Waals surface area contributed by atoms with E-state index in [0.29, 0.717) is 5.82 Å². The Morgan fingerprint density at radius 1 is 1.13 bits per heavy atom. The Morgan fingerprint density at radius 2 is 1.83 bits per heavy atom. The molecule has 0 radical (unpaired) electrons. The van der Waals surface area contributed by atoms with Crippen LogP contribution in [0.4, 0.5) is 0 Å². The van der Waals surface area contributed by atoms with Crippen LogP contribution < -0.4 is 0 Å². The molecule has 2 aliphatic rings. The third kappa shape index (κ3) is 2.49. The van der Waals surface area contributed by atoms with Crippen molar-refractivity contribution in [2.75, 3.05) is 13.1 Å². The van der Waals surface area contributed by atoms with Gasteiger partial charge in [0.1, 0.15) is 0 Å². The van der Waals surface area contributed by atoms with Crippen molar-refractivity contribution >= 4 is 21.8 Å². The van der Waals surface area contributed by atoms with E-state index in [0.717, 1.165) is 49.7 Å². The van der Waals surface area contributed by atoms with Crippen LogP contribution in [0.15, 0.2) is 33.3 Å². The number of benzene rings is 1. The molecule has 5 nitrogen and oxygen atoms in total. The number of nitrogens with zero attached hydrogens (tertiary/aromatic N) is 3. The first-order valence-corrected chi connectivity index (χ1v) is 8.88. The second-order valence-corrected chi connectivity index (χ2v) is 7.28. The van der Waals surface area contributed by atoms with E-state index in [-0.39, 0.29) is 17.2 Å². The lowest BCUT2D eigenvalue weighted by Gasteiger charge is -2.39. The Kier molecular flexibility index (Phi) is 3.71. The van der Waals surface area contributed by atoms with Gasteiger partial charge in [0.2, 0.25) is 0 Å². The molecule has 2 fully saturated rings. The van der Waals surface area contributed by atoms with Gasteiger partial charge in [-0.2, -0.15) is 4.98 Å². The van der Waals surface area contributed by atoms with Crippen LogP contribution in [0.3, 0.4) is 0 Å². The first-order chi connectivity index (χ1) is 11.2. The van der Waals surface area contributed by atoms with Gasteiger partial charge >= 0.3 is 11.8 Å². The van der Waals surface area contributed by atoms with Crippen molar-refractivity contribution in [3.63, 3.8) is 0 Å². The second-order valence-electron chi connectivity index (χ2n) is 6.36. The number of aromatic nitrogens is 2. The normalized spacial score (nSPS) is 19.6. The van der Waals surface area contributed by atoms with Gasteiger partial charge in [-0.3, -0.25) is 4.79 Å². The fourth-order valence-electron chi connectivity index (χ4n) is 3.50. The molecule has 1 aliphatic heterocycles. The molecule has 1 aromatic carbocycles. The standard InChI is InChI=1S/C17H18BrN3O2/c18-13-6-4-12(5-7-13)17(8-3-9-17)16-19-14(23-20-16)15(22)21-10-1-2-11-21/h4-7H,1-3,8-11H2. The first kappa shape index (κ1) is 14.9. The summed E-state index contributed by atoms with van der Waals surface area (Å²) in [6.45, 7) is 1.57. The highest BCUT2D eigenvalue weighted by Crippen LogP contribution is 2.47. The highest BCUT2D eigenvalue weighted by molar-refractivity contribution is 9.10. The summed E-state index contributed by atoms with van der Waals surface area (Å²) in [6.07, 6.45) is 5.22. The largest absolute Gasteiger partial charge is 0.334 e. The Morgan fingerprint density at radius 3 is 2.43 bits per heavy atom. The van der Waals surface area contributed by atoms with Gasteiger partial charge in [-0.05, 0) is 43.4 Å². The zero-order chi connectivity index (χ0) is 15.9. The van der Waals surface area contributed by atoms with E-state index >= 15 is 0 Å². The van der Waals surface area contributed by atoms with Crippen molar-refractivity contribution in [2.45, 2.75) is 37.5 Å². The number of hydrogen-bond donors (Lipinski definition) is 0. The smallest absolute Gasteiger partial charge is 0.316 e. The van der Waals surface area contributed by atoms with Gasteiger partial charge in [0.25, 0.3) is 0 Å². The minimum atomic E-state index is -0.201. The lowest BCUT2D eigenvalue weighted by molar-refractivity contribution is 0.0743. The third-order valence-corrected chi connectivity index (χ3v) is 5.56. The zero-order valence-corrected chi connectivity index (χ0v) is 14.4. The van der Waals surface area contributed by atoms with E-state index in [9.17, 15) is 4.79 Å². The van der Waals surface area contributed by atoms with Crippen LogP contribution in [0.1, 0.15) is 54.2 Å². The van der Waals surface area contributed by atoms with Crippen LogP contribution in [0.2, 0.25) is 0 Å². The summed E-state index contributed by atoms with van der Waals surface area (Å²) in [6, 6.07) is 8.26. The summed E-state index contributed by atoms with van der Waals surface area (Å²) in [5, 5.41) is 4.16. The first-order valence-electron chi connectivity index (χ1n) is 8.09. The number of halogens is 1. The van der Waals surface area contributed by atoms with Crippen molar-refractivity contribution in [2.24, 2.45) is 0 Å². The molecule has 0 N–H and O–H groups in total. The molecule has 1 amide bonds. The molecule has 23 heavy (non-hydrogen) atoms. The lowest BCUT2D eigenvalue weighted by Crippen LogP contribution is -2.36. The molecule has 0 atom stereocenters. The molecule has 6 heteroatoms. The highest BCUT2D eigenvalue weighted by atomic mass is 79.9. The maximum absolute atomic E-state index is 12.4. The Labute approximate surface area is 143 Å². The maximum atomic E-state index is 12.4. The predicted molar refractivity (Wildman–Crippen MR) is 88.2 cm³/mol. The molecular formula is C17H18BrN3O2. The van der Waals surface area contributed by atoms with E-state index in [1.54, 1.807) is 4.90 Å². The van der Waals surface area contributed by atoms with Gasteiger partial charge in [-0.15, -0.1) is 0 Å². The van der Waals surface area contributed by atoms with Gasteiger partial charge in [0, 0.05) is 17.6 Å². The summed E-state index contributed by atoms with van der Waals surface area (Å²) in [7, 11) is 0. The molecule has 1 saturated carbocycles. The van der Waals surface area contributed by atoms with Crippen LogP contribution in [-0.2, 0) is 5.41 Å². The molecular weight excluding hydrogens is 358 g/mol. The highest BCUT2D eigenvalue weighted by Gasteiger charge is 2.45. The quantitative estimate of drug-likeness (QED) is 0.822. The lowest BCUT2D eigenvalue weighted by atomic mass is 9.64. The number of carbonyl (C=O) groups is 1. The molecule has 120 valence electrons. The van der Waals surface area contributed by atoms with Crippen molar-refractivity contribution in [3.05, 3.63) is 46.0 Å². The summed E-state index contributed by atoms with van der Waals surface area (Å²) in [4.78, 5) is 18.7. The summed E-state index contributed by atoms with van der Waals surface area (Å²) >= 11 is 3.47. The van der Waals surface area contributed by atoms with Crippen LogP contribution in [-0.4, -0.2) is 34.0 Å². The van der Waals surface area contributed by atoms with Crippen LogP contribution in [0.5, 0.6) is 0 Å². The van der Waals surface area contributed by atoms with E-state index in [4.69, 9.17) is 4.52 Å². The summed E-state index contributed by atoms with van der Waals surface area (Å²) < 4.78 is 6.35. The molecule has 0 spiro atoms. The van der Waals surface area contributed by atoms with Crippen molar-refractivity contribution < 1.29 is 9.32 Å². The Balaban J connectivity index is 1.64. The zero-order valence-electron chi connectivity index (χ0n) is 12.8. The fourth-order valence-corrected chi connectivity index (χ4v) is 3.77. The van der Waals surface area contributed by atoms with Gasteiger partial charge in [-0.1, -0.05) is 39.6 Å². The number of amides is 1. The van der Waals surface area contributed by atoms with Crippen molar-refractivity contribution in [3.8, 4) is 0 Å². The van der Waals surface area contributed by atoms with Gasteiger partial charge in [0.05, 0.1) is 5.41 Å². The van der Waals surface area contributed by atoms with Crippen LogP contribution in [0.25, 0.3) is 0 Å². The number of likely N-dealkylation sites (tertiary alicyclic amines) is 1. The molecule has 1 saturated heterocycles. The molecule has 2 aromatic rings. The van der Waals surface area contributed by atoms with E-state index in [1.807, 2.05) is 12.1 Å². The van der Waals surface area contributed by atoms with Crippen LogP contribution >= 0.6 is 15.9 Å². The minimum absolute atomic E-state index is 0.130.